The molecule has 15 heavy (non-hydrogen) atoms. The lowest BCUT2D eigenvalue weighted by atomic mass is 10.2. The minimum absolute atomic E-state index is 0.137. The highest BCUT2D eigenvalue weighted by Gasteiger charge is 2.13. The van der Waals surface area contributed by atoms with Gasteiger partial charge < -0.3 is 10.6 Å². The van der Waals surface area contributed by atoms with Crippen LogP contribution in [0.5, 0.6) is 0 Å². The van der Waals surface area contributed by atoms with Gasteiger partial charge in [0.2, 0.25) is 5.91 Å². The van der Waals surface area contributed by atoms with E-state index < -0.39 is 0 Å². The highest BCUT2D eigenvalue weighted by atomic mass is 32.2. The van der Waals surface area contributed by atoms with E-state index in [-0.39, 0.29) is 10.7 Å². The second-order valence-electron chi connectivity index (χ2n) is 4.87. The van der Waals surface area contributed by atoms with Crippen molar-refractivity contribution < 1.29 is 4.79 Å². The second-order valence-corrected chi connectivity index (χ2v) is 6.67. The van der Waals surface area contributed by atoms with Crippen LogP contribution in [0, 0.1) is 5.92 Å². The summed E-state index contributed by atoms with van der Waals surface area (Å²) in [7, 11) is 1.92. The van der Waals surface area contributed by atoms with Crippen molar-refractivity contribution in [2.45, 2.75) is 32.4 Å². The van der Waals surface area contributed by atoms with Crippen molar-refractivity contribution in [3.63, 3.8) is 0 Å². The van der Waals surface area contributed by atoms with Crippen molar-refractivity contribution in [3.05, 3.63) is 0 Å². The summed E-state index contributed by atoms with van der Waals surface area (Å²) in [6.07, 6.45) is 0. The number of rotatable bonds is 6. The zero-order valence-electron chi connectivity index (χ0n) is 10.5. The quantitative estimate of drug-likeness (QED) is 0.729. The Kier molecular flexibility index (Phi) is 7.02. The largest absolute Gasteiger partial charge is 0.355 e. The van der Waals surface area contributed by atoms with Crippen LogP contribution in [0.4, 0.5) is 0 Å². The molecule has 0 aromatic rings. The van der Waals surface area contributed by atoms with Gasteiger partial charge in [0.1, 0.15) is 0 Å². The molecule has 0 saturated carbocycles. The number of nitrogens with one attached hydrogen (secondary N) is 2. The van der Waals surface area contributed by atoms with Crippen LogP contribution in [0.1, 0.15) is 27.7 Å². The summed E-state index contributed by atoms with van der Waals surface area (Å²) in [4.78, 5) is 11.4. The molecule has 0 fully saturated rings. The van der Waals surface area contributed by atoms with Crippen LogP contribution >= 0.6 is 11.8 Å². The Balaban J connectivity index is 3.58. The molecule has 90 valence electrons. The number of carbonyl (C=O) groups is 1. The molecule has 1 atom stereocenters. The Hall–Kier alpha value is -0.220. The molecule has 0 aromatic heterocycles. The molecule has 0 aliphatic heterocycles. The van der Waals surface area contributed by atoms with Gasteiger partial charge in [-0.25, -0.2) is 0 Å². The smallest absolute Gasteiger partial charge is 0.230 e. The summed E-state index contributed by atoms with van der Waals surface area (Å²) < 4.78 is 0.161. The molecule has 0 saturated heterocycles. The Morgan fingerprint density at radius 2 is 1.93 bits per heavy atom. The summed E-state index contributed by atoms with van der Waals surface area (Å²) >= 11 is 1.68. The molecule has 2 N–H and O–H groups in total. The monoisotopic (exact) mass is 232 g/mol. The summed E-state index contributed by atoms with van der Waals surface area (Å²) in [6, 6.07) is 0. The molecule has 0 radical (unpaired) electrons. The van der Waals surface area contributed by atoms with Crippen LogP contribution in [0.2, 0.25) is 0 Å². The molecule has 0 rings (SSSR count). The van der Waals surface area contributed by atoms with Crippen molar-refractivity contribution in [3.8, 4) is 0 Å². The molecule has 1 unspecified atom stereocenters. The lowest BCUT2D eigenvalue weighted by Crippen LogP contribution is -2.33. The molecule has 0 spiro atoms. The van der Waals surface area contributed by atoms with Gasteiger partial charge in [-0.15, -0.1) is 11.8 Å². The van der Waals surface area contributed by atoms with Gasteiger partial charge in [-0.1, -0.05) is 27.7 Å². The Morgan fingerprint density at radius 1 is 1.33 bits per heavy atom. The summed E-state index contributed by atoms with van der Waals surface area (Å²) in [5, 5.41) is 6.03. The minimum atomic E-state index is 0.137. The fraction of sp³-hybridized carbons (Fsp3) is 0.909. The summed E-state index contributed by atoms with van der Waals surface area (Å²) in [6.45, 7) is 10.2. The first kappa shape index (κ1) is 14.8. The van der Waals surface area contributed by atoms with Gasteiger partial charge in [0.25, 0.3) is 0 Å². The number of amides is 1. The van der Waals surface area contributed by atoms with Crippen molar-refractivity contribution in [2.24, 2.45) is 5.92 Å². The third-order valence-electron chi connectivity index (χ3n) is 1.84. The SMILES string of the molecule is CNCC(C)CNC(=O)CSC(C)(C)C. The van der Waals surface area contributed by atoms with Crippen molar-refractivity contribution in [1.29, 1.82) is 0 Å². The third-order valence-corrected chi connectivity index (χ3v) is 3.11. The van der Waals surface area contributed by atoms with Gasteiger partial charge in [0.05, 0.1) is 5.75 Å². The molecule has 1 amide bonds. The van der Waals surface area contributed by atoms with Crippen molar-refractivity contribution >= 4 is 17.7 Å². The maximum absolute atomic E-state index is 11.4. The Labute approximate surface area is 97.8 Å². The number of thioether (sulfide) groups is 1. The van der Waals surface area contributed by atoms with Crippen molar-refractivity contribution in [2.75, 3.05) is 25.9 Å². The van der Waals surface area contributed by atoms with E-state index in [0.717, 1.165) is 13.1 Å². The van der Waals surface area contributed by atoms with Gasteiger partial charge in [-0.05, 0) is 19.5 Å². The highest BCUT2D eigenvalue weighted by Crippen LogP contribution is 2.22. The number of hydrogen-bond donors (Lipinski definition) is 2. The van der Waals surface area contributed by atoms with E-state index in [2.05, 4.69) is 38.3 Å². The first-order valence-electron chi connectivity index (χ1n) is 5.40. The molecule has 4 heteroatoms. The van der Waals surface area contributed by atoms with Crippen LogP contribution in [-0.2, 0) is 4.79 Å². The fourth-order valence-corrected chi connectivity index (χ4v) is 1.71. The van der Waals surface area contributed by atoms with Crippen LogP contribution in [-0.4, -0.2) is 36.5 Å². The van der Waals surface area contributed by atoms with Gasteiger partial charge >= 0.3 is 0 Å². The van der Waals surface area contributed by atoms with E-state index in [1.807, 2.05) is 7.05 Å². The second kappa shape index (κ2) is 7.12. The summed E-state index contributed by atoms with van der Waals surface area (Å²) in [5.41, 5.74) is 0. The average molecular weight is 232 g/mol. The lowest BCUT2D eigenvalue weighted by Gasteiger charge is -2.17. The first-order chi connectivity index (χ1) is 6.85. The fourth-order valence-electron chi connectivity index (χ4n) is 1.04. The van der Waals surface area contributed by atoms with Gasteiger partial charge in [0.15, 0.2) is 0 Å². The number of hydrogen-bond acceptors (Lipinski definition) is 3. The lowest BCUT2D eigenvalue weighted by molar-refractivity contribution is -0.118. The van der Waals surface area contributed by atoms with E-state index in [1.54, 1.807) is 11.8 Å². The Morgan fingerprint density at radius 3 is 2.40 bits per heavy atom. The topological polar surface area (TPSA) is 41.1 Å². The average Bonchev–Trinajstić information content (AvgIpc) is 2.11. The van der Waals surface area contributed by atoms with E-state index >= 15 is 0 Å². The number of carbonyl (C=O) groups excluding carboxylic acids is 1. The zero-order valence-corrected chi connectivity index (χ0v) is 11.3. The maximum atomic E-state index is 11.4. The predicted octanol–water partition coefficient (Wildman–Crippen LogP) is 1.49. The van der Waals surface area contributed by atoms with Crippen LogP contribution in [0.15, 0.2) is 0 Å². The standard InChI is InChI=1S/C11H24N2OS/c1-9(6-12-5)7-13-10(14)8-15-11(2,3)4/h9,12H,6-8H2,1-5H3,(H,13,14). The highest BCUT2D eigenvalue weighted by molar-refractivity contribution is 8.01. The van der Waals surface area contributed by atoms with Crippen LogP contribution in [0.25, 0.3) is 0 Å². The third kappa shape index (κ3) is 10.1. The zero-order chi connectivity index (χ0) is 11.9. The van der Waals surface area contributed by atoms with Gasteiger partial charge in [-0.3, -0.25) is 4.79 Å². The molecule has 0 aromatic carbocycles. The van der Waals surface area contributed by atoms with E-state index in [9.17, 15) is 4.79 Å². The summed E-state index contributed by atoms with van der Waals surface area (Å²) in [5.74, 6) is 1.17. The molecule has 0 aliphatic carbocycles. The van der Waals surface area contributed by atoms with E-state index in [1.165, 1.54) is 0 Å². The maximum Gasteiger partial charge on any atom is 0.230 e. The van der Waals surface area contributed by atoms with Crippen molar-refractivity contribution in [1.82, 2.24) is 10.6 Å². The van der Waals surface area contributed by atoms with Crippen LogP contribution in [0.3, 0.4) is 0 Å². The normalized spacial score (nSPS) is 13.7. The Bertz CT molecular complexity index is 190. The first-order valence-corrected chi connectivity index (χ1v) is 6.39. The molecule has 3 nitrogen and oxygen atoms in total. The molecular weight excluding hydrogens is 208 g/mol. The molecule has 0 heterocycles. The molecular formula is C11H24N2OS. The van der Waals surface area contributed by atoms with Crippen LogP contribution < -0.4 is 10.6 Å². The van der Waals surface area contributed by atoms with E-state index in [4.69, 9.17) is 0 Å². The molecule has 0 bridgehead atoms. The van der Waals surface area contributed by atoms with Gasteiger partial charge in [0, 0.05) is 11.3 Å². The van der Waals surface area contributed by atoms with E-state index in [0.29, 0.717) is 11.7 Å². The minimum Gasteiger partial charge on any atom is -0.355 e. The van der Waals surface area contributed by atoms with Gasteiger partial charge in [-0.2, -0.15) is 0 Å². The predicted molar refractivity (Wildman–Crippen MR) is 68.3 cm³/mol. The molecule has 0 aliphatic rings.